The van der Waals surface area contributed by atoms with Crippen LogP contribution in [0.4, 0.5) is 5.82 Å². The molecule has 0 bridgehead atoms. The van der Waals surface area contributed by atoms with Crippen LogP contribution in [-0.2, 0) is 7.05 Å². The number of benzene rings is 1. The van der Waals surface area contributed by atoms with Gasteiger partial charge in [-0.2, -0.15) is 5.10 Å². The average Bonchev–Trinajstić information content (AvgIpc) is 2.72. The highest BCUT2D eigenvalue weighted by atomic mass is 15.3. The molecule has 0 amide bonds. The highest BCUT2D eigenvalue weighted by molar-refractivity contribution is 5.37. The van der Waals surface area contributed by atoms with Crippen molar-refractivity contribution in [3.05, 3.63) is 48.2 Å². The molecule has 0 fully saturated rings. The van der Waals surface area contributed by atoms with Gasteiger partial charge in [0.15, 0.2) is 0 Å². The molecule has 0 saturated carbocycles. The third-order valence-corrected chi connectivity index (χ3v) is 2.08. The lowest BCUT2D eigenvalue weighted by atomic mass is 10.2. The predicted molar refractivity (Wildman–Crippen MR) is 65.0 cm³/mol. The number of nitrogens with zero attached hydrogens (tertiary/aromatic N) is 2. The molecule has 1 heterocycles. The molecule has 0 aliphatic rings. The van der Waals surface area contributed by atoms with Crippen molar-refractivity contribution >= 4 is 5.82 Å². The van der Waals surface area contributed by atoms with Gasteiger partial charge in [-0.1, -0.05) is 30.0 Å². The fraction of sp³-hybridized carbons (Fsp3) is 0.154. The van der Waals surface area contributed by atoms with Gasteiger partial charge in [0.25, 0.3) is 0 Å². The molecule has 0 spiro atoms. The van der Waals surface area contributed by atoms with E-state index in [0.29, 0.717) is 6.54 Å². The van der Waals surface area contributed by atoms with Crippen LogP contribution in [0, 0.1) is 11.8 Å². The molecule has 3 nitrogen and oxygen atoms in total. The first kappa shape index (κ1) is 10.3. The van der Waals surface area contributed by atoms with Crippen molar-refractivity contribution in [2.45, 2.75) is 0 Å². The third-order valence-electron chi connectivity index (χ3n) is 2.08. The van der Waals surface area contributed by atoms with Crippen molar-refractivity contribution in [2.75, 3.05) is 11.9 Å². The molecular formula is C13H13N3. The Labute approximate surface area is 95.1 Å². The van der Waals surface area contributed by atoms with Crippen molar-refractivity contribution in [2.24, 2.45) is 7.05 Å². The quantitative estimate of drug-likeness (QED) is 0.769. The fourth-order valence-electron chi connectivity index (χ4n) is 1.31. The lowest BCUT2D eigenvalue weighted by Gasteiger charge is -1.94. The Bertz CT molecular complexity index is 503. The molecule has 16 heavy (non-hydrogen) atoms. The molecule has 80 valence electrons. The maximum absolute atomic E-state index is 4.19. The molecule has 3 heteroatoms. The van der Waals surface area contributed by atoms with Crippen LogP contribution in [0.15, 0.2) is 42.6 Å². The third kappa shape index (κ3) is 2.89. The Balaban J connectivity index is 1.87. The second-order valence-corrected chi connectivity index (χ2v) is 3.40. The number of aromatic nitrogens is 2. The van der Waals surface area contributed by atoms with E-state index in [1.807, 2.05) is 49.6 Å². The topological polar surface area (TPSA) is 29.9 Å². The maximum atomic E-state index is 4.19. The SMILES string of the molecule is Cn1ccc(NCC#Cc2ccccc2)n1. The number of rotatable bonds is 2. The number of hydrogen-bond acceptors (Lipinski definition) is 2. The molecule has 0 atom stereocenters. The summed E-state index contributed by atoms with van der Waals surface area (Å²) in [6.07, 6.45) is 1.90. The number of nitrogens with one attached hydrogen (secondary N) is 1. The van der Waals surface area contributed by atoms with E-state index in [0.717, 1.165) is 11.4 Å². The van der Waals surface area contributed by atoms with E-state index in [4.69, 9.17) is 0 Å². The first-order valence-electron chi connectivity index (χ1n) is 5.12. The minimum atomic E-state index is 0.603. The fourth-order valence-corrected chi connectivity index (χ4v) is 1.31. The Morgan fingerprint density at radius 3 is 2.75 bits per heavy atom. The zero-order valence-electron chi connectivity index (χ0n) is 9.14. The summed E-state index contributed by atoms with van der Waals surface area (Å²) in [5.41, 5.74) is 1.03. The van der Waals surface area contributed by atoms with Gasteiger partial charge in [-0.25, -0.2) is 0 Å². The molecule has 1 aromatic carbocycles. The summed E-state index contributed by atoms with van der Waals surface area (Å²) in [5, 5.41) is 7.32. The van der Waals surface area contributed by atoms with Crippen LogP contribution in [0.3, 0.4) is 0 Å². The number of hydrogen-bond donors (Lipinski definition) is 1. The standard InChI is InChI=1S/C13H13N3/c1-16-11-9-13(15-16)14-10-5-8-12-6-3-2-4-7-12/h2-4,6-7,9,11H,10H2,1H3,(H,14,15). The Hall–Kier alpha value is -2.21. The molecule has 0 unspecified atom stereocenters. The molecule has 0 aliphatic heterocycles. The zero-order valence-corrected chi connectivity index (χ0v) is 9.14. The summed E-state index contributed by atoms with van der Waals surface area (Å²) in [6, 6.07) is 11.9. The summed E-state index contributed by atoms with van der Waals surface area (Å²) in [5.74, 6) is 6.98. The molecule has 1 N–H and O–H groups in total. The van der Waals surface area contributed by atoms with E-state index >= 15 is 0 Å². The number of aryl methyl sites for hydroxylation is 1. The van der Waals surface area contributed by atoms with Crippen LogP contribution >= 0.6 is 0 Å². The van der Waals surface area contributed by atoms with E-state index in [1.54, 1.807) is 4.68 Å². The lowest BCUT2D eigenvalue weighted by Crippen LogP contribution is -2.00. The van der Waals surface area contributed by atoms with E-state index in [2.05, 4.69) is 22.3 Å². The van der Waals surface area contributed by atoms with E-state index in [-0.39, 0.29) is 0 Å². The van der Waals surface area contributed by atoms with Gasteiger partial charge in [0.05, 0.1) is 6.54 Å². The van der Waals surface area contributed by atoms with Crippen LogP contribution in [0.25, 0.3) is 0 Å². The molecule has 0 saturated heterocycles. The van der Waals surface area contributed by atoms with E-state index in [9.17, 15) is 0 Å². The average molecular weight is 211 g/mol. The first-order valence-corrected chi connectivity index (χ1v) is 5.12. The van der Waals surface area contributed by atoms with Crippen LogP contribution < -0.4 is 5.32 Å². The summed E-state index contributed by atoms with van der Waals surface area (Å²) < 4.78 is 1.76. The summed E-state index contributed by atoms with van der Waals surface area (Å²) in [6.45, 7) is 0.603. The Morgan fingerprint density at radius 2 is 2.06 bits per heavy atom. The van der Waals surface area contributed by atoms with Gasteiger partial charge in [-0.3, -0.25) is 4.68 Å². The van der Waals surface area contributed by atoms with E-state index in [1.165, 1.54) is 0 Å². The normalized spacial score (nSPS) is 9.31. The maximum Gasteiger partial charge on any atom is 0.148 e. The summed E-state index contributed by atoms with van der Waals surface area (Å²) in [4.78, 5) is 0. The molecule has 1 aromatic heterocycles. The van der Waals surface area contributed by atoms with Gasteiger partial charge in [0.2, 0.25) is 0 Å². The summed E-state index contributed by atoms with van der Waals surface area (Å²) >= 11 is 0. The van der Waals surface area contributed by atoms with Crippen molar-refractivity contribution in [3.8, 4) is 11.8 Å². The van der Waals surface area contributed by atoms with Gasteiger partial charge < -0.3 is 5.32 Å². The Morgan fingerprint density at radius 1 is 1.25 bits per heavy atom. The van der Waals surface area contributed by atoms with Crippen LogP contribution in [0.1, 0.15) is 5.56 Å². The van der Waals surface area contributed by atoms with Crippen LogP contribution in [0.5, 0.6) is 0 Å². The van der Waals surface area contributed by atoms with Gasteiger partial charge in [-0.05, 0) is 12.1 Å². The summed E-state index contributed by atoms with van der Waals surface area (Å²) in [7, 11) is 1.89. The van der Waals surface area contributed by atoms with Gasteiger partial charge in [-0.15, -0.1) is 0 Å². The lowest BCUT2D eigenvalue weighted by molar-refractivity contribution is 0.770. The molecule has 2 rings (SSSR count). The monoisotopic (exact) mass is 211 g/mol. The highest BCUT2D eigenvalue weighted by Gasteiger charge is 1.91. The molecule has 0 aliphatic carbocycles. The van der Waals surface area contributed by atoms with Crippen LogP contribution in [0.2, 0.25) is 0 Å². The highest BCUT2D eigenvalue weighted by Crippen LogP contribution is 1.99. The van der Waals surface area contributed by atoms with Gasteiger partial charge in [0, 0.05) is 24.9 Å². The minimum absolute atomic E-state index is 0.603. The Kier molecular flexibility index (Phi) is 3.25. The van der Waals surface area contributed by atoms with Crippen molar-refractivity contribution in [1.82, 2.24) is 9.78 Å². The molecule has 0 radical (unpaired) electrons. The first-order chi connectivity index (χ1) is 7.84. The van der Waals surface area contributed by atoms with E-state index < -0.39 is 0 Å². The molecule has 2 aromatic rings. The zero-order chi connectivity index (χ0) is 11.2. The van der Waals surface area contributed by atoms with Crippen molar-refractivity contribution in [3.63, 3.8) is 0 Å². The van der Waals surface area contributed by atoms with Crippen LogP contribution in [-0.4, -0.2) is 16.3 Å². The smallest absolute Gasteiger partial charge is 0.148 e. The second kappa shape index (κ2) is 5.04. The van der Waals surface area contributed by atoms with Crippen molar-refractivity contribution in [1.29, 1.82) is 0 Å². The van der Waals surface area contributed by atoms with Crippen molar-refractivity contribution < 1.29 is 0 Å². The van der Waals surface area contributed by atoms with Gasteiger partial charge >= 0.3 is 0 Å². The molecular weight excluding hydrogens is 198 g/mol. The second-order valence-electron chi connectivity index (χ2n) is 3.40. The largest absolute Gasteiger partial charge is 0.358 e. The predicted octanol–water partition coefficient (Wildman–Crippen LogP) is 1.88. The number of anilines is 1. The van der Waals surface area contributed by atoms with Gasteiger partial charge in [0.1, 0.15) is 5.82 Å². The minimum Gasteiger partial charge on any atom is -0.358 e.